The Kier molecular flexibility index (Phi) is 8.77. The molecule has 0 rings (SSSR count). The van der Waals surface area contributed by atoms with Gasteiger partial charge in [-0.05, 0) is 18.4 Å². The van der Waals surface area contributed by atoms with Crippen molar-refractivity contribution in [1.82, 2.24) is 0 Å². The first-order chi connectivity index (χ1) is 6.85. The van der Waals surface area contributed by atoms with Gasteiger partial charge in [0.1, 0.15) is 0 Å². The van der Waals surface area contributed by atoms with Crippen LogP contribution in [0.3, 0.4) is 0 Å². The van der Waals surface area contributed by atoms with Gasteiger partial charge in [0.25, 0.3) is 0 Å². The first kappa shape index (κ1) is 12.6. The average molecular weight is 189 g/mol. The van der Waals surface area contributed by atoms with Crippen molar-refractivity contribution in [3.8, 4) is 0 Å². The zero-order valence-corrected chi connectivity index (χ0v) is 8.87. The molecule has 0 heterocycles. The molecule has 0 amide bonds. The maximum atomic E-state index is 7.18. The minimum Gasteiger partial charge on any atom is -0.308 e. The Morgan fingerprint density at radius 1 is 1.36 bits per heavy atom. The van der Waals surface area contributed by atoms with Crippen molar-refractivity contribution in [2.75, 3.05) is 0 Å². The summed E-state index contributed by atoms with van der Waals surface area (Å²) in [7, 11) is 0. The van der Waals surface area contributed by atoms with Gasteiger partial charge in [0.05, 0.1) is 0 Å². The van der Waals surface area contributed by atoms with Crippen molar-refractivity contribution in [2.24, 2.45) is 0 Å². The van der Waals surface area contributed by atoms with Crippen LogP contribution in [-0.4, -0.2) is 6.21 Å². The quantitative estimate of drug-likeness (QED) is 0.355. The minimum atomic E-state index is 0.875. The van der Waals surface area contributed by atoms with E-state index in [1.165, 1.54) is 6.21 Å². The number of hydrogen-bond acceptors (Lipinski definition) is 1. The van der Waals surface area contributed by atoms with E-state index in [0.29, 0.717) is 0 Å². The molecule has 0 fully saturated rings. The van der Waals surface area contributed by atoms with Gasteiger partial charge in [0, 0.05) is 6.21 Å². The summed E-state index contributed by atoms with van der Waals surface area (Å²) in [5, 5.41) is 7.18. The normalized spacial score (nSPS) is 12.5. The van der Waals surface area contributed by atoms with Gasteiger partial charge in [0.2, 0.25) is 0 Å². The zero-order chi connectivity index (χ0) is 10.6. The van der Waals surface area contributed by atoms with E-state index in [1.807, 2.05) is 30.4 Å². The summed E-state index contributed by atoms with van der Waals surface area (Å²) in [4.78, 5) is 0. The molecule has 1 nitrogen and oxygen atoms in total. The van der Waals surface area contributed by atoms with Crippen LogP contribution in [0.5, 0.6) is 0 Å². The Labute approximate surface area is 87.0 Å². The molecule has 0 aromatic heterocycles. The smallest absolute Gasteiger partial charge is 0.0250 e. The lowest BCUT2D eigenvalue weighted by Gasteiger charge is -1.89. The molecular weight excluding hydrogens is 170 g/mol. The lowest BCUT2D eigenvalue weighted by Crippen LogP contribution is -1.76. The molecule has 1 heteroatoms. The monoisotopic (exact) mass is 189 g/mol. The van der Waals surface area contributed by atoms with Crippen LogP contribution in [0.1, 0.15) is 26.2 Å². The van der Waals surface area contributed by atoms with Gasteiger partial charge >= 0.3 is 0 Å². The Bertz CT molecular complexity index is 244. The molecule has 0 saturated carbocycles. The van der Waals surface area contributed by atoms with Crippen molar-refractivity contribution in [3.63, 3.8) is 0 Å². The number of rotatable bonds is 7. The predicted molar refractivity (Wildman–Crippen MR) is 64.9 cm³/mol. The van der Waals surface area contributed by atoms with Crippen LogP contribution >= 0.6 is 0 Å². The fourth-order valence-corrected chi connectivity index (χ4v) is 0.892. The lowest BCUT2D eigenvalue weighted by molar-refractivity contribution is 0.958. The molecule has 0 saturated heterocycles. The third kappa shape index (κ3) is 7.29. The highest BCUT2D eigenvalue weighted by Gasteiger charge is 1.82. The summed E-state index contributed by atoms with van der Waals surface area (Å²) in [6.45, 7) is 5.77. The van der Waals surface area contributed by atoms with Gasteiger partial charge in [-0.1, -0.05) is 49.8 Å². The average Bonchev–Trinajstić information content (AvgIpc) is 2.22. The Hall–Kier alpha value is -1.37. The summed E-state index contributed by atoms with van der Waals surface area (Å²) in [5.41, 5.74) is 0.929. The summed E-state index contributed by atoms with van der Waals surface area (Å²) in [6, 6.07) is 0. The van der Waals surface area contributed by atoms with Gasteiger partial charge < -0.3 is 5.41 Å². The summed E-state index contributed by atoms with van der Waals surface area (Å²) in [5.74, 6) is 0. The second-order valence-electron chi connectivity index (χ2n) is 2.95. The van der Waals surface area contributed by atoms with Gasteiger partial charge in [-0.3, -0.25) is 0 Å². The van der Waals surface area contributed by atoms with Crippen LogP contribution in [0, 0.1) is 5.41 Å². The highest BCUT2D eigenvalue weighted by atomic mass is 14.3. The molecule has 0 aliphatic carbocycles. The molecule has 0 bridgehead atoms. The Morgan fingerprint density at radius 3 is 2.71 bits per heavy atom. The number of allylic oxidation sites excluding steroid dienone is 7. The maximum Gasteiger partial charge on any atom is 0.0250 e. The second-order valence-corrected chi connectivity index (χ2v) is 2.95. The van der Waals surface area contributed by atoms with E-state index in [0.717, 1.165) is 24.8 Å². The van der Waals surface area contributed by atoms with E-state index in [1.54, 1.807) is 0 Å². The topological polar surface area (TPSA) is 23.9 Å². The third-order valence-electron chi connectivity index (χ3n) is 1.66. The Morgan fingerprint density at radius 2 is 2.14 bits per heavy atom. The van der Waals surface area contributed by atoms with Crippen LogP contribution in [0.4, 0.5) is 0 Å². The molecule has 0 unspecified atom stereocenters. The van der Waals surface area contributed by atoms with E-state index in [-0.39, 0.29) is 0 Å². The fourth-order valence-electron chi connectivity index (χ4n) is 0.892. The van der Waals surface area contributed by atoms with Gasteiger partial charge in [0.15, 0.2) is 0 Å². The third-order valence-corrected chi connectivity index (χ3v) is 1.66. The molecule has 0 spiro atoms. The van der Waals surface area contributed by atoms with Gasteiger partial charge in [-0.15, -0.1) is 6.58 Å². The number of unbranched alkanes of at least 4 members (excludes halogenated alkanes) is 1. The first-order valence-electron chi connectivity index (χ1n) is 4.99. The molecule has 0 atom stereocenters. The molecule has 0 aliphatic rings. The molecule has 0 aromatic rings. The van der Waals surface area contributed by atoms with Crippen LogP contribution in [0.15, 0.2) is 48.6 Å². The van der Waals surface area contributed by atoms with E-state index in [4.69, 9.17) is 5.41 Å². The summed E-state index contributed by atoms with van der Waals surface area (Å²) in [6.07, 6.45) is 16.3. The standard InChI is InChI=1S/C13H19N/c1-3-5-7-9-11-13(12-14)10-8-6-4-2/h3,7-12,14H,1,4-6H2,2H3/b9-7+,10-8+,13-11-,14-12?. The van der Waals surface area contributed by atoms with Crippen molar-refractivity contribution in [1.29, 1.82) is 5.41 Å². The molecule has 1 N–H and O–H groups in total. The van der Waals surface area contributed by atoms with Crippen molar-refractivity contribution in [3.05, 3.63) is 48.6 Å². The van der Waals surface area contributed by atoms with Gasteiger partial charge in [-0.2, -0.15) is 0 Å². The van der Waals surface area contributed by atoms with Crippen LogP contribution in [0.25, 0.3) is 0 Å². The molecule has 0 aromatic carbocycles. The largest absolute Gasteiger partial charge is 0.308 e. The SMILES string of the molecule is C=CC/C=C/C=C(C=N)/C=C/CCC. The number of hydrogen-bond donors (Lipinski definition) is 1. The highest BCUT2D eigenvalue weighted by Crippen LogP contribution is 1.97. The van der Waals surface area contributed by atoms with Crippen molar-refractivity contribution >= 4 is 6.21 Å². The maximum absolute atomic E-state index is 7.18. The van der Waals surface area contributed by atoms with E-state index in [9.17, 15) is 0 Å². The van der Waals surface area contributed by atoms with E-state index < -0.39 is 0 Å². The van der Waals surface area contributed by atoms with E-state index in [2.05, 4.69) is 19.6 Å². The number of nitrogens with one attached hydrogen (secondary N) is 1. The second kappa shape index (κ2) is 9.72. The molecule has 76 valence electrons. The zero-order valence-electron chi connectivity index (χ0n) is 8.87. The van der Waals surface area contributed by atoms with Crippen LogP contribution in [-0.2, 0) is 0 Å². The fraction of sp³-hybridized carbons (Fsp3) is 0.308. The molecule has 14 heavy (non-hydrogen) atoms. The molecule has 0 aliphatic heterocycles. The van der Waals surface area contributed by atoms with Crippen molar-refractivity contribution < 1.29 is 0 Å². The predicted octanol–water partition coefficient (Wildman–Crippen LogP) is 4.05. The van der Waals surface area contributed by atoms with Crippen LogP contribution in [0.2, 0.25) is 0 Å². The highest BCUT2D eigenvalue weighted by molar-refractivity contribution is 5.80. The molecular formula is C13H19N. The van der Waals surface area contributed by atoms with E-state index >= 15 is 0 Å². The summed E-state index contributed by atoms with van der Waals surface area (Å²) >= 11 is 0. The minimum absolute atomic E-state index is 0.875. The van der Waals surface area contributed by atoms with Gasteiger partial charge in [-0.25, -0.2) is 0 Å². The Balaban J connectivity index is 4.10. The van der Waals surface area contributed by atoms with Crippen molar-refractivity contribution in [2.45, 2.75) is 26.2 Å². The first-order valence-corrected chi connectivity index (χ1v) is 4.99. The van der Waals surface area contributed by atoms with Crippen LogP contribution < -0.4 is 0 Å². The lowest BCUT2D eigenvalue weighted by atomic mass is 10.2. The summed E-state index contributed by atoms with van der Waals surface area (Å²) < 4.78 is 0. The molecule has 0 radical (unpaired) electrons.